The Labute approximate surface area is 157 Å². The second kappa shape index (κ2) is 6.83. The molecule has 0 amide bonds. The van der Waals surface area contributed by atoms with Crippen LogP contribution in [-0.4, -0.2) is 14.5 Å². The highest BCUT2D eigenvalue weighted by molar-refractivity contribution is 5.85. The molecule has 0 spiro atoms. The van der Waals surface area contributed by atoms with Gasteiger partial charge in [-0.05, 0) is 49.1 Å². The Bertz CT molecular complexity index is 1100. The van der Waals surface area contributed by atoms with Crippen LogP contribution in [0.5, 0.6) is 0 Å². The molecule has 0 fully saturated rings. The largest absolute Gasteiger partial charge is 0.363 e. The Kier molecular flexibility index (Phi) is 4.36. The third-order valence-corrected chi connectivity index (χ3v) is 4.76. The Hall–Kier alpha value is -3.21. The highest BCUT2D eigenvalue weighted by Crippen LogP contribution is 2.26. The second-order valence-electron chi connectivity index (χ2n) is 6.80. The molecular formula is C22H21FN4. The van der Waals surface area contributed by atoms with Gasteiger partial charge in [0.15, 0.2) is 0 Å². The highest BCUT2D eigenvalue weighted by Gasteiger charge is 2.10. The molecule has 27 heavy (non-hydrogen) atoms. The van der Waals surface area contributed by atoms with Crippen LogP contribution in [0.4, 0.5) is 10.2 Å². The summed E-state index contributed by atoms with van der Waals surface area (Å²) in [5.41, 5.74) is 4.09. The van der Waals surface area contributed by atoms with E-state index in [9.17, 15) is 4.39 Å². The van der Waals surface area contributed by atoms with E-state index in [2.05, 4.69) is 50.3 Å². The molecule has 1 N–H and O–H groups in total. The van der Waals surface area contributed by atoms with Crippen LogP contribution >= 0.6 is 0 Å². The smallest absolute Gasteiger partial charge is 0.130 e. The van der Waals surface area contributed by atoms with Crippen molar-refractivity contribution in [3.8, 4) is 11.3 Å². The number of aromatic nitrogens is 3. The van der Waals surface area contributed by atoms with E-state index in [0.717, 1.165) is 28.2 Å². The lowest BCUT2D eigenvalue weighted by molar-refractivity contribution is 0.626. The number of anilines is 1. The van der Waals surface area contributed by atoms with Gasteiger partial charge in [-0.3, -0.25) is 0 Å². The van der Waals surface area contributed by atoms with Crippen molar-refractivity contribution in [3.63, 3.8) is 0 Å². The normalized spacial score (nSPS) is 12.3. The third kappa shape index (κ3) is 3.53. The number of nitrogens with zero attached hydrogens (tertiary/aromatic N) is 3. The summed E-state index contributed by atoms with van der Waals surface area (Å²) in [7, 11) is 2.04. The first-order valence-electron chi connectivity index (χ1n) is 8.93. The lowest BCUT2D eigenvalue weighted by Gasteiger charge is -2.16. The van der Waals surface area contributed by atoms with Gasteiger partial charge in [0.25, 0.3) is 0 Å². The molecule has 2 aromatic carbocycles. The van der Waals surface area contributed by atoms with Gasteiger partial charge in [-0.25, -0.2) is 14.4 Å². The van der Waals surface area contributed by atoms with E-state index in [1.54, 1.807) is 12.1 Å². The van der Waals surface area contributed by atoms with Crippen molar-refractivity contribution in [2.75, 3.05) is 5.32 Å². The predicted octanol–water partition coefficient (Wildman–Crippen LogP) is 5.26. The molecule has 0 aliphatic heterocycles. The summed E-state index contributed by atoms with van der Waals surface area (Å²) >= 11 is 0. The standard InChI is InChI=1S/C22H21FN4/c1-14(16-6-8-19(23)9-7-16)24-22-13-20(25-15(2)26-22)18-5-4-17-10-11-27(3)21(17)12-18/h4-14H,1-3H3,(H,24,25,26)/t14-/m0/s1. The quantitative estimate of drug-likeness (QED) is 0.540. The monoisotopic (exact) mass is 360 g/mol. The Morgan fingerprint density at radius 3 is 2.56 bits per heavy atom. The summed E-state index contributed by atoms with van der Waals surface area (Å²) in [6.07, 6.45) is 2.05. The van der Waals surface area contributed by atoms with Gasteiger partial charge in [-0.2, -0.15) is 0 Å². The van der Waals surface area contributed by atoms with Gasteiger partial charge >= 0.3 is 0 Å². The van der Waals surface area contributed by atoms with Gasteiger partial charge in [-0.1, -0.05) is 24.3 Å². The summed E-state index contributed by atoms with van der Waals surface area (Å²) in [5, 5.41) is 4.60. The molecule has 4 aromatic rings. The maximum atomic E-state index is 13.1. The van der Waals surface area contributed by atoms with E-state index in [1.165, 1.54) is 17.5 Å². The molecule has 2 heterocycles. The fraction of sp³-hybridized carbons (Fsp3) is 0.182. The van der Waals surface area contributed by atoms with Crippen molar-refractivity contribution in [3.05, 3.63) is 78.0 Å². The Balaban J connectivity index is 1.66. The van der Waals surface area contributed by atoms with Crippen LogP contribution in [0.2, 0.25) is 0 Å². The average Bonchev–Trinajstić information content (AvgIpc) is 3.02. The molecule has 0 saturated heterocycles. The molecule has 0 unspecified atom stereocenters. The minimum Gasteiger partial charge on any atom is -0.363 e. The van der Waals surface area contributed by atoms with E-state index in [4.69, 9.17) is 0 Å². The van der Waals surface area contributed by atoms with Gasteiger partial charge in [0.1, 0.15) is 17.5 Å². The topological polar surface area (TPSA) is 42.7 Å². The minimum atomic E-state index is -0.234. The van der Waals surface area contributed by atoms with Crippen LogP contribution < -0.4 is 5.32 Å². The predicted molar refractivity (Wildman–Crippen MR) is 107 cm³/mol. The molecule has 0 bridgehead atoms. The number of rotatable bonds is 4. The number of halogens is 1. The van der Waals surface area contributed by atoms with Crippen molar-refractivity contribution in [2.24, 2.45) is 7.05 Å². The van der Waals surface area contributed by atoms with Crippen molar-refractivity contribution in [1.29, 1.82) is 0 Å². The van der Waals surface area contributed by atoms with Crippen molar-refractivity contribution < 1.29 is 4.39 Å². The SMILES string of the molecule is Cc1nc(N[C@@H](C)c2ccc(F)cc2)cc(-c2ccc3ccn(C)c3c2)n1. The van der Waals surface area contributed by atoms with E-state index >= 15 is 0 Å². The number of aryl methyl sites for hydroxylation is 2. The molecule has 5 heteroatoms. The van der Waals surface area contributed by atoms with Gasteiger partial charge in [0.2, 0.25) is 0 Å². The molecule has 0 aliphatic carbocycles. The van der Waals surface area contributed by atoms with Gasteiger partial charge in [-0.15, -0.1) is 0 Å². The summed E-state index contributed by atoms with van der Waals surface area (Å²) in [5.74, 6) is 1.22. The average molecular weight is 360 g/mol. The summed E-state index contributed by atoms with van der Waals surface area (Å²) in [6, 6.07) is 16.9. The molecule has 1 atom stereocenters. The molecule has 136 valence electrons. The number of hydrogen-bond acceptors (Lipinski definition) is 3. The van der Waals surface area contributed by atoms with Crippen LogP contribution in [0.15, 0.2) is 60.8 Å². The van der Waals surface area contributed by atoms with Gasteiger partial charge < -0.3 is 9.88 Å². The number of fused-ring (bicyclic) bond motifs is 1. The molecule has 4 rings (SSSR count). The first-order chi connectivity index (χ1) is 13.0. The van der Waals surface area contributed by atoms with Crippen LogP contribution in [0, 0.1) is 12.7 Å². The van der Waals surface area contributed by atoms with Crippen molar-refractivity contribution in [1.82, 2.24) is 14.5 Å². The Morgan fingerprint density at radius 1 is 1.00 bits per heavy atom. The lowest BCUT2D eigenvalue weighted by atomic mass is 10.1. The third-order valence-electron chi connectivity index (χ3n) is 4.76. The van der Waals surface area contributed by atoms with Gasteiger partial charge in [0.05, 0.1) is 5.69 Å². The first kappa shape index (κ1) is 17.2. The van der Waals surface area contributed by atoms with E-state index in [1.807, 2.05) is 27.0 Å². The second-order valence-corrected chi connectivity index (χ2v) is 6.80. The summed E-state index contributed by atoms with van der Waals surface area (Å²) < 4.78 is 15.2. The summed E-state index contributed by atoms with van der Waals surface area (Å²) in [6.45, 7) is 3.92. The van der Waals surface area contributed by atoms with Crippen LogP contribution in [0.3, 0.4) is 0 Å². The van der Waals surface area contributed by atoms with Crippen molar-refractivity contribution in [2.45, 2.75) is 19.9 Å². The lowest BCUT2D eigenvalue weighted by Crippen LogP contribution is -2.09. The molecule has 0 radical (unpaired) electrons. The highest BCUT2D eigenvalue weighted by atomic mass is 19.1. The van der Waals surface area contributed by atoms with Crippen LogP contribution in [-0.2, 0) is 7.05 Å². The zero-order valence-electron chi connectivity index (χ0n) is 15.6. The Morgan fingerprint density at radius 2 is 1.78 bits per heavy atom. The molecule has 4 nitrogen and oxygen atoms in total. The summed E-state index contributed by atoms with van der Waals surface area (Å²) in [4.78, 5) is 9.12. The first-order valence-corrected chi connectivity index (χ1v) is 8.93. The number of nitrogens with one attached hydrogen (secondary N) is 1. The molecule has 0 saturated carbocycles. The number of hydrogen-bond donors (Lipinski definition) is 1. The molecular weight excluding hydrogens is 339 g/mol. The van der Waals surface area contributed by atoms with Crippen LogP contribution in [0.1, 0.15) is 24.4 Å². The fourth-order valence-electron chi connectivity index (χ4n) is 3.27. The number of benzene rings is 2. The van der Waals surface area contributed by atoms with Gasteiger partial charge in [0, 0.05) is 36.4 Å². The van der Waals surface area contributed by atoms with E-state index < -0.39 is 0 Å². The molecule has 0 aliphatic rings. The maximum Gasteiger partial charge on any atom is 0.130 e. The van der Waals surface area contributed by atoms with E-state index in [-0.39, 0.29) is 11.9 Å². The minimum absolute atomic E-state index is 0.00287. The zero-order chi connectivity index (χ0) is 19.0. The maximum absolute atomic E-state index is 13.1. The van der Waals surface area contributed by atoms with E-state index in [0.29, 0.717) is 5.82 Å². The fourth-order valence-corrected chi connectivity index (χ4v) is 3.27. The zero-order valence-corrected chi connectivity index (χ0v) is 15.6. The van der Waals surface area contributed by atoms with Crippen molar-refractivity contribution >= 4 is 16.7 Å². The van der Waals surface area contributed by atoms with Crippen LogP contribution in [0.25, 0.3) is 22.2 Å². The molecule has 2 aromatic heterocycles.